The normalized spacial score (nSPS) is 18.9. The van der Waals surface area contributed by atoms with Gasteiger partial charge in [-0.25, -0.2) is 4.39 Å². The molecule has 0 radical (unpaired) electrons. The van der Waals surface area contributed by atoms with Crippen molar-refractivity contribution in [3.63, 3.8) is 0 Å². The maximum absolute atomic E-state index is 14.0. The fourth-order valence-electron chi connectivity index (χ4n) is 2.79. The predicted octanol–water partition coefficient (Wildman–Crippen LogP) is 3.48. The summed E-state index contributed by atoms with van der Waals surface area (Å²) in [5, 5.41) is 0. The van der Waals surface area contributed by atoms with E-state index >= 15 is 0 Å². The van der Waals surface area contributed by atoms with Gasteiger partial charge >= 0.3 is 0 Å². The second-order valence-corrected chi connectivity index (χ2v) is 6.51. The minimum Gasteiger partial charge on any atom is -0.378 e. The molecular weight excluding hydrogens is 335 g/mol. The number of likely N-dealkylation sites (tertiary alicyclic amines) is 1. The second kappa shape index (κ2) is 8.22. The van der Waals surface area contributed by atoms with Crippen LogP contribution >= 0.6 is 15.9 Å². The third-order valence-electron chi connectivity index (χ3n) is 4.13. The molecule has 1 heterocycles. The molecule has 5 heteroatoms. The van der Waals surface area contributed by atoms with Gasteiger partial charge < -0.3 is 10.5 Å². The monoisotopic (exact) mass is 358 g/mol. The van der Waals surface area contributed by atoms with Gasteiger partial charge in [-0.1, -0.05) is 15.9 Å². The molecule has 1 fully saturated rings. The fourth-order valence-corrected chi connectivity index (χ4v) is 3.17. The van der Waals surface area contributed by atoms with Crippen LogP contribution in [0.15, 0.2) is 22.7 Å². The van der Waals surface area contributed by atoms with Gasteiger partial charge in [-0.15, -0.1) is 0 Å². The van der Waals surface area contributed by atoms with E-state index in [2.05, 4.69) is 27.8 Å². The summed E-state index contributed by atoms with van der Waals surface area (Å²) in [6.07, 6.45) is 3.25. The van der Waals surface area contributed by atoms with Crippen LogP contribution in [-0.4, -0.2) is 37.2 Å². The predicted molar refractivity (Wildman–Crippen MR) is 86.7 cm³/mol. The number of piperidine rings is 1. The highest BCUT2D eigenvalue weighted by atomic mass is 79.9. The molecule has 118 valence electrons. The smallest absolute Gasteiger partial charge is 0.128 e. The lowest BCUT2D eigenvalue weighted by Gasteiger charge is -2.36. The van der Waals surface area contributed by atoms with Crippen molar-refractivity contribution in [2.24, 2.45) is 5.73 Å². The Labute approximate surface area is 134 Å². The molecule has 21 heavy (non-hydrogen) atoms. The zero-order valence-electron chi connectivity index (χ0n) is 12.5. The molecule has 0 aromatic heterocycles. The largest absolute Gasteiger partial charge is 0.378 e. The number of hydrogen-bond donors (Lipinski definition) is 1. The Kier molecular flexibility index (Phi) is 6.61. The first-order chi connectivity index (χ1) is 10.1. The first kappa shape index (κ1) is 16.9. The molecule has 0 bridgehead atoms. The number of rotatable bonds is 6. The number of hydrogen-bond acceptors (Lipinski definition) is 3. The third kappa shape index (κ3) is 4.74. The van der Waals surface area contributed by atoms with Crippen molar-refractivity contribution in [3.05, 3.63) is 34.1 Å². The van der Waals surface area contributed by atoms with E-state index in [1.54, 1.807) is 6.07 Å². The summed E-state index contributed by atoms with van der Waals surface area (Å²) in [5.41, 5.74) is 6.23. The minimum atomic E-state index is -0.132. The lowest BCUT2D eigenvalue weighted by Crippen LogP contribution is -2.39. The molecule has 0 spiro atoms. The van der Waals surface area contributed by atoms with Crippen molar-refractivity contribution in [2.45, 2.75) is 38.3 Å². The summed E-state index contributed by atoms with van der Waals surface area (Å²) in [7, 11) is 0. The minimum absolute atomic E-state index is 0.0903. The topological polar surface area (TPSA) is 38.5 Å². The summed E-state index contributed by atoms with van der Waals surface area (Å²) in [6.45, 7) is 5.39. The molecule has 1 aliphatic rings. The SMILES string of the molecule is CC(c1cc(Br)ccc1F)N1CCC(OCCCN)CC1. The fraction of sp³-hybridized carbons (Fsp3) is 0.625. The van der Waals surface area contributed by atoms with E-state index in [-0.39, 0.29) is 11.9 Å². The molecule has 1 aliphatic heterocycles. The zero-order chi connectivity index (χ0) is 15.2. The average Bonchev–Trinajstić information content (AvgIpc) is 2.50. The van der Waals surface area contributed by atoms with Crippen molar-refractivity contribution >= 4 is 15.9 Å². The van der Waals surface area contributed by atoms with Crippen LogP contribution < -0.4 is 5.73 Å². The van der Waals surface area contributed by atoms with Crippen molar-refractivity contribution in [1.29, 1.82) is 0 Å². The Bertz CT molecular complexity index is 450. The highest BCUT2D eigenvalue weighted by Gasteiger charge is 2.25. The van der Waals surface area contributed by atoms with Crippen molar-refractivity contribution in [3.8, 4) is 0 Å². The first-order valence-electron chi connectivity index (χ1n) is 7.62. The molecule has 1 saturated heterocycles. The van der Waals surface area contributed by atoms with Crippen LogP contribution in [0.3, 0.4) is 0 Å². The second-order valence-electron chi connectivity index (χ2n) is 5.59. The summed E-state index contributed by atoms with van der Waals surface area (Å²) in [5.74, 6) is -0.132. The Morgan fingerprint density at radius 3 is 2.81 bits per heavy atom. The summed E-state index contributed by atoms with van der Waals surface area (Å²) in [6, 6.07) is 5.23. The maximum Gasteiger partial charge on any atom is 0.128 e. The van der Waals surface area contributed by atoms with Crippen LogP contribution in [0, 0.1) is 5.82 Å². The van der Waals surface area contributed by atoms with Crippen LogP contribution in [0.4, 0.5) is 4.39 Å². The number of nitrogens with two attached hydrogens (primary N) is 1. The van der Waals surface area contributed by atoms with Crippen molar-refractivity contribution < 1.29 is 9.13 Å². The molecule has 0 aliphatic carbocycles. The van der Waals surface area contributed by atoms with Gasteiger partial charge in [-0.3, -0.25) is 4.90 Å². The van der Waals surface area contributed by atoms with E-state index in [9.17, 15) is 4.39 Å². The van der Waals surface area contributed by atoms with E-state index in [4.69, 9.17) is 10.5 Å². The summed E-state index contributed by atoms with van der Waals surface area (Å²) < 4.78 is 20.7. The Balaban J connectivity index is 1.88. The van der Waals surface area contributed by atoms with Crippen LogP contribution in [0.2, 0.25) is 0 Å². The van der Waals surface area contributed by atoms with Gasteiger partial charge in [0.2, 0.25) is 0 Å². The molecule has 1 atom stereocenters. The Morgan fingerprint density at radius 2 is 2.14 bits per heavy atom. The van der Waals surface area contributed by atoms with Crippen molar-refractivity contribution in [1.82, 2.24) is 4.90 Å². The van der Waals surface area contributed by atoms with Gasteiger partial charge in [0.05, 0.1) is 6.10 Å². The molecule has 0 saturated carbocycles. The quantitative estimate of drug-likeness (QED) is 0.791. The summed E-state index contributed by atoms with van der Waals surface area (Å²) >= 11 is 3.42. The molecule has 1 aromatic rings. The molecule has 2 N–H and O–H groups in total. The standard InChI is InChI=1S/C16H24BrFN2O/c1-12(15-11-13(17)3-4-16(15)18)20-8-5-14(6-9-20)21-10-2-7-19/h3-4,11-12,14H,2,5-10,19H2,1H3. The van der Waals surface area contributed by atoms with Crippen LogP contribution in [0.1, 0.15) is 37.8 Å². The van der Waals surface area contributed by atoms with Gasteiger partial charge in [-0.05, 0) is 50.9 Å². The van der Waals surface area contributed by atoms with Crippen molar-refractivity contribution in [2.75, 3.05) is 26.2 Å². The van der Waals surface area contributed by atoms with Crippen LogP contribution in [0.5, 0.6) is 0 Å². The third-order valence-corrected chi connectivity index (χ3v) is 4.63. The first-order valence-corrected chi connectivity index (χ1v) is 8.41. The molecule has 0 amide bonds. The Morgan fingerprint density at radius 1 is 1.43 bits per heavy atom. The van der Waals surface area contributed by atoms with Gasteiger partial charge in [0, 0.05) is 35.8 Å². The number of benzene rings is 1. The van der Waals surface area contributed by atoms with Gasteiger partial charge in [-0.2, -0.15) is 0 Å². The molecule has 3 nitrogen and oxygen atoms in total. The summed E-state index contributed by atoms with van der Waals surface area (Å²) in [4.78, 5) is 2.33. The molecule has 2 rings (SSSR count). The Hall–Kier alpha value is -0.490. The van der Waals surface area contributed by atoms with Crippen LogP contribution in [0.25, 0.3) is 0 Å². The lowest BCUT2D eigenvalue weighted by molar-refractivity contribution is -0.00103. The number of ether oxygens (including phenoxy) is 1. The lowest BCUT2D eigenvalue weighted by atomic mass is 10.0. The van der Waals surface area contributed by atoms with Crippen LogP contribution in [-0.2, 0) is 4.74 Å². The molecule has 1 unspecified atom stereocenters. The van der Waals surface area contributed by atoms with Gasteiger partial charge in [0.25, 0.3) is 0 Å². The van der Waals surface area contributed by atoms with E-state index < -0.39 is 0 Å². The highest BCUT2D eigenvalue weighted by molar-refractivity contribution is 9.10. The number of nitrogens with zero attached hydrogens (tertiary/aromatic N) is 1. The van der Waals surface area contributed by atoms with Gasteiger partial charge in [0.1, 0.15) is 5.82 Å². The van der Waals surface area contributed by atoms with E-state index in [1.165, 1.54) is 6.07 Å². The zero-order valence-corrected chi connectivity index (χ0v) is 14.1. The van der Waals surface area contributed by atoms with Gasteiger partial charge in [0.15, 0.2) is 0 Å². The molecule has 1 aromatic carbocycles. The average molecular weight is 359 g/mol. The highest BCUT2D eigenvalue weighted by Crippen LogP contribution is 2.28. The van der Waals surface area contributed by atoms with E-state index in [0.717, 1.165) is 49.0 Å². The maximum atomic E-state index is 14.0. The molecular formula is C16H24BrFN2O. The van der Waals surface area contributed by atoms with E-state index in [0.29, 0.717) is 12.6 Å². The number of halogens is 2. The van der Waals surface area contributed by atoms with E-state index in [1.807, 2.05) is 6.07 Å².